The van der Waals surface area contributed by atoms with Gasteiger partial charge in [-0.15, -0.1) is 0 Å². The standard InChI is InChI=1S/C10H11BrClNO/c11-8-3-4-10(9(12)7-8)14-6-2-1-5-13/h1-4,7H,5-6,13H2. The summed E-state index contributed by atoms with van der Waals surface area (Å²) < 4.78 is 6.34. The van der Waals surface area contributed by atoms with Crippen LogP contribution in [0.4, 0.5) is 0 Å². The number of halogens is 2. The van der Waals surface area contributed by atoms with Gasteiger partial charge in [0.15, 0.2) is 0 Å². The van der Waals surface area contributed by atoms with E-state index in [1.54, 1.807) is 6.07 Å². The Labute approximate surface area is 96.8 Å². The minimum atomic E-state index is 0.485. The Morgan fingerprint density at radius 1 is 1.43 bits per heavy atom. The quantitative estimate of drug-likeness (QED) is 0.858. The highest BCUT2D eigenvalue weighted by Crippen LogP contribution is 2.27. The van der Waals surface area contributed by atoms with Gasteiger partial charge in [0, 0.05) is 11.0 Å². The zero-order chi connectivity index (χ0) is 10.4. The lowest BCUT2D eigenvalue weighted by Crippen LogP contribution is -1.97. The van der Waals surface area contributed by atoms with Gasteiger partial charge in [0.05, 0.1) is 5.02 Å². The summed E-state index contributed by atoms with van der Waals surface area (Å²) in [4.78, 5) is 0. The minimum absolute atomic E-state index is 0.485. The Bertz CT molecular complexity index is 328. The molecular weight excluding hydrogens is 265 g/mol. The molecule has 14 heavy (non-hydrogen) atoms. The highest BCUT2D eigenvalue weighted by atomic mass is 79.9. The minimum Gasteiger partial charge on any atom is -0.488 e. The van der Waals surface area contributed by atoms with Crippen LogP contribution in [0.3, 0.4) is 0 Å². The third-order valence-corrected chi connectivity index (χ3v) is 2.32. The molecule has 1 aromatic carbocycles. The molecule has 0 saturated carbocycles. The second-order valence-corrected chi connectivity index (χ2v) is 3.92. The predicted octanol–water partition coefficient (Wildman–Crippen LogP) is 3.00. The average molecular weight is 277 g/mol. The Morgan fingerprint density at radius 3 is 2.86 bits per heavy atom. The number of hydrogen-bond donors (Lipinski definition) is 1. The Morgan fingerprint density at radius 2 is 2.21 bits per heavy atom. The molecule has 0 aliphatic rings. The van der Waals surface area contributed by atoms with E-state index in [0.717, 1.165) is 4.47 Å². The Balaban J connectivity index is 2.55. The first kappa shape index (κ1) is 11.6. The zero-order valence-corrected chi connectivity index (χ0v) is 9.88. The van der Waals surface area contributed by atoms with Gasteiger partial charge in [-0.25, -0.2) is 0 Å². The van der Waals surface area contributed by atoms with Crippen molar-refractivity contribution in [2.45, 2.75) is 0 Å². The molecule has 1 aromatic rings. The van der Waals surface area contributed by atoms with E-state index in [-0.39, 0.29) is 0 Å². The molecule has 1 rings (SSSR count). The topological polar surface area (TPSA) is 35.2 Å². The fourth-order valence-corrected chi connectivity index (χ4v) is 1.62. The van der Waals surface area contributed by atoms with E-state index < -0.39 is 0 Å². The first-order valence-electron chi connectivity index (χ1n) is 4.17. The van der Waals surface area contributed by atoms with E-state index in [9.17, 15) is 0 Å². The summed E-state index contributed by atoms with van der Waals surface area (Å²) in [5.41, 5.74) is 5.28. The molecule has 0 amide bonds. The first-order valence-corrected chi connectivity index (χ1v) is 5.34. The maximum atomic E-state index is 5.94. The Hall–Kier alpha value is -0.510. The summed E-state index contributed by atoms with van der Waals surface area (Å²) >= 11 is 9.26. The summed E-state index contributed by atoms with van der Waals surface area (Å²) in [6.45, 7) is 1.01. The predicted molar refractivity (Wildman–Crippen MR) is 62.8 cm³/mol. The van der Waals surface area contributed by atoms with Gasteiger partial charge >= 0.3 is 0 Å². The van der Waals surface area contributed by atoms with Crippen LogP contribution in [-0.4, -0.2) is 13.2 Å². The molecule has 0 atom stereocenters. The lowest BCUT2D eigenvalue weighted by molar-refractivity contribution is 0.363. The van der Waals surface area contributed by atoms with Crippen molar-refractivity contribution < 1.29 is 4.74 Å². The maximum absolute atomic E-state index is 5.94. The third kappa shape index (κ3) is 3.70. The van der Waals surface area contributed by atoms with E-state index in [0.29, 0.717) is 23.9 Å². The van der Waals surface area contributed by atoms with Crippen molar-refractivity contribution in [1.82, 2.24) is 0 Å². The molecule has 0 heterocycles. The molecule has 0 fully saturated rings. The smallest absolute Gasteiger partial charge is 0.138 e. The molecule has 0 saturated heterocycles. The summed E-state index contributed by atoms with van der Waals surface area (Å²) in [7, 11) is 0. The number of nitrogens with two attached hydrogens (primary N) is 1. The molecule has 0 aliphatic heterocycles. The van der Waals surface area contributed by atoms with Crippen molar-refractivity contribution in [1.29, 1.82) is 0 Å². The van der Waals surface area contributed by atoms with Crippen LogP contribution in [0.25, 0.3) is 0 Å². The number of hydrogen-bond acceptors (Lipinski definition) is 2. The van der Waals surface area contributed by atoms with Crippen molar-refractivity contribution in [2.75, 3.05) is 13.2 Å². The summed E-state index contributed by atoms with van der Waals surface area (Å²) in [6, 6.07) is 5.50. The largest absolute Gasteiger partial charge is 0.488 e. The molecule has 2 nitrogen and oxygen atoms in total. The average Bonchev–Trinajstić information content (AvgIpc) is 2.15. The van der Waals surface area contributed by atoms with Gasteiger partial charge in [0.25, 0.3) is 0 Å². The number of rotatable bonds is 4. The fourth-order valence-electron chi connectivity index (χ4n) is 0.894. The SMILES string of the molecule is NCC=CCOc1ccc(Br)cc1Cl. The van der Waals surface area contributed by atoms with Crippen molar-refractivity contribution in [2.24, 2.45) is 5.73 Å². The molecule has 2 N–H and O–H groups in total. The summed E-state index contributed by atoms with van der Waals surface area (Å²) in [6.07, 6.45) is 3.70. The second-order valence-electron chi connectivity index (χ2n) is 2.59. The van der Waals surface area contributed by atoms with Crippen LogP contribution in [-0.2, 0) is 0 Å². The monoisotopic (exact) mass is 275 g/mol. The highest BCUT2D eigenvalue weighted by Gasteiger charge is 2.00. The second kappa shape index (κ2) is 6.06. The van der Waals surface area contributed by atoms with Gasteiger partial charge in [0.1, 0.15) is 12.4 Å². The van der Waals surface area contributed by atoms with Gasteiger partial charge in [-0.05, 0) is 18.2 Å². The molecule has 0 spiro atoms. The normalized spacial score (nSPS) is 10.8. The van der Waals surface area contributed by atoms with Crippen LogP contribution in [0.15, 0.2) is 34.8 Å². The van der Waals surface area contributed by atoms with Crippen LogP contribution in [0.5, 0.6) is 5.75 Å². The zero-order valence-electron chi connectivity index (χ0n) is 7.54. The lowest BCUT2D eigenvalue weighted by Gasteiger charge is -2.05. The van der Waals surface area contributed by atoms with Gasteiger partial charge in [-0.1, -0.05) is 39.7 Å². The third-order valence-electron chi connectivity index (χ3n) is 1.53. The Kier molecular flexibility index (Phi) is 5.01. The molecular formula is C10H11BrClNO. The van der Waals surface area contributed by atoms with Crippen molar-refractivity contribution in [3.63, 3.8) is 0 Å². The van der Waals surface area contributed by atoms with E-state index in [1.807, 2.05) is 24.3 Å². The first-order chi connectivity index (χ1) is 6.74. The number of benzene rings is 1. The van der Waals surface area contributed by atoms with Gasteiger partial charge in [-0.3, -0.25) is 0 Å². The van der Waals surface area contributed by atoms with E-state index >= 15 is 0 Å². The lowest BCUT2D eigenvalue weighted by atomic mass is 10.3. The summed E-state index contributed by atoms with van der Waals surface area (Å²) in [5, 5.41) is 0.598. The molecule has 0 unspecified atom stereocenters. The van der Waals surface area contributed by atoms with Crippen molar-refractivity contribution in [3.05, 3.63) is 39.8 Å². The molecule has 76 valence electrons. The van der Waals surface area contributed by atoms with Crippen molar-refractivity contribution >= 4 is 27.5 Å². The number of ether oxygens (including phenoxy) is 1. The molecule has 0 bridgehead atoms. The molecule has 0 aromatic heterocycles. The van der Waals surface area contributed by atoms with Crippen LogP contribution in [0.1, 0.15) is 0 Å². The van der Waals surface area contributed by atoms with Crippen LogP contribution in [0, 0.1) is 0 Å². The molecule has 0 radical (unpaired) electrons. The van der Waals surface area contributed by atoms with Crippen LogP contribution in [0.2, 0.25) is 5.02 Å². The summed E-state index contributed by atoms with van der Waals surface area (Å²) in [5.74, 6) is 0.677. The highest BCUT2D eigenvalue weighted by molar-refractivity contribution is 9.10. The maximum Gasteiger partial charge on any atom is 0.138 e. The van der Waals surface area contributed by atoms with E-state index in [1.165, 1.54) is 0 Å². The van der Waals surface area contributed by atoms with Gasteiger partial charge < -0.3 is 10.5 Å². The van der Waals surface area contributed by atoms with E-state index in [2.05, 4.69) is 15.9 Å². The van der Waals surface area contributed by atoms with Crippen molar-refractivity contribution in [3.8, 4) is 5.75 Å². The van der Waals surface area contributed by atoms with Crippen LogP contribution < -0.4 is 10.5 Å². The van der Waals surface area contributed by atoms with Crippen LogP contribution >= 0.6 is 27.5 Å². The fraction of sp³-hybridized carbons (Fsp3) is 0.200. The molecule has 4 heteroatoms. The van der Waals surface area contributed by atoms with E-state index in [4.69, 9.17) is 22.1 Å². The van der Waals surface area contributed by atoms with Gasteiger partial charge in [-0.2, -0.15) is 0 Å². The van der Waals surface area contributed by atoms with Gasteiger partial charge in [0.2, 0.25) is 0 Å². The molecule has 0 aliphatic carbocycles.